The Balaban J connectivity index is 1.81. The van der Waals surface area contributed by atoms with Crippen LogP contribution in [0.5, 0.6) is 0 Å². The van der Waals surface area contributed by atoms with E-state index in [1.807, 2.05) is 54.8 Å². The van der Waals surface area contributed by atoms with E-state index < -0.39 is 5.41 Å². The van der Waals surface area contributed by atoms with E-state index >= 15 is 0 Å². The van der Waals surface area contributed by atoms with Gasteiger partial charge in [0.15, 0.2) is 5.13 Å². The van der Waals surface area contributed by atoms with Crippen LogP contribution in [0.1, 0.15) is 35.1 Å². The highest BCUT2D eigenvalue weighted by atomic mass is 35.5. The molecule has 1 N–H and O–H groups in total. The first-order valence-electron chi connectivity index (χ1n) is 8.50. The summed E-state index contributed by atoms with van der Waals surface area (Å²) in [6.07, 6.45) is 2.26. The molecular weight excluding hydrogens is 378 g/mol. The predicted molar refractivity (Wildman–Crippen MR) is 107 cm³/mol. The fraction of sp³-hybridized carbons (Fsp3) is 0.190. The second-order valence-electron chi connectivity index (χ2n) is 6.90. The molecule has 4 rings (SSSR count). The monoisotopic (exact) mass is 393 g/mol. The number of anilines is 1. The predicted octanol–water partition coefficient (Wildman–Crippen LogP) is 5.00. The van der Waals surface area contributed by atoms with Crippen molar-refractivity contribution in [3.8, 4) is 6.07 Å². The van der Waals surface area contributed by atoms with Gasteiger partial charge in [0.1, 0.15) is 0 Å². The SMILES string of the molecule is CC1(C(=O)Nc2nccs2)Cc2ccc(C#N)cc2C1c1ccc(Cl)cc1. The van der Waals surface area contributed by atoms with Crippen LogP contribution < -0.4 is 5.32 Å². The lowest BCUT2D eigenvalue weighted by Crippen LogP contribution is -2.37. The van der Waals surface area contributed by atoms with Crippen molar-refractivity contribution in [1.82, 2.24) is 4.98 Å². The molecule has 0 saturated heterocycles. The molecule has 1 heterocycles. The third kappa shape index (κ3) is 3.12. The molecule has 3 aromatic rings. The average Bonchev–Trinajstić information content (AvgIpc) is 3.27. The van der Waals surface area contributed by atoms with Gasteiger partial charge in [-0.2, -0.15) is 5.26 Å². The number of thiazole rings is 1. The van der Waals surface area contributed by atoms with E-state index in [0.717, 1.165) is 16.7 Å². The highest BCUT2D eigenvalue weighted by Gasteiger charge is 2.49. The molecule has 134 valence electrons. The zero-order valence-electron chi connectivity index (χ0n) is 14.6. The van der Waals surface area contributed by atoms with Crippen LogP contribution in [0, 0.1) is 16.7 Å². The molecule has 2 atom stereocenters. The molecule has 2 unspecified atom stereocenters. The number of nitrogens with one attached hydrogen (secondary N) is 1. The van der Waals surface area contributed by atoms with E-state index in [1.54, 1.807) is 6.20 Å². The number of benzene rings is 2. The van der Waals surface area contributed by atoms with Crippen molar-refractivity contribution in [3.05, 3.63) is 81.3 Å². The van der Waals surface area contributed by atoms with Gasteiger partial charge in [-0.25, -0.2) is 4.98 Å². The number of nitrogens with zero attached hydrogens (tertiary/aromatic N) is 2. The van der Waals surface area contributed by atoms with Crippen LogP contribution in [0.3, 0.4) is 0 Å². The number of hydrogen-bond donors (Lipinski definition) is 1. The van der Waals surface area contributed by atoms with E-state index in [0.29, 0.717) is 22.1 Å². The third-order valence-corrected chi connectivity index (χ3v) is 6.10. The maximum Gasteiger partial charge on any atom is 0.233 e. The highest BCUT2D eigenvalue weighted by molar-refractivity contribution is 7.13. The molecule has 0 aliphatic heterocycles. The molecule has 0 saturated carbocycles. The quantitative estimate of drug-likeness (QED) is 0.680. The van der Waals surface area contributed by atoms with Crippen molar-refractivity contribution in [1.29, 1.82) is 5.26 Å². The van der Waals surface area contributed by atoms with Gasteiger partial charge in [-0.3, -0.25) is 4.79 Å². The molecule has 2 aromatic carbocycles. The van der Waals surface area contributed by atoms with E-state index in [-0.39, 0.29) is 11.8 Å². The summed E-state index contributed by atoms with van der Waals surface area (Å²) >= 11 is 7.46. The van der Waals surface area contributed by atoms with Crippen molar-refractivity contribution < 1.29 is 4.79 Å². The fourth-order valence-electron chi connectivity index (χ4n) is 3.87. The Kier molecular flexibility index (Phi) is 4.47. The highest BCUT2D eigenvalue weighted by Crippen LogP contribution is 2.51. The molecule has 0 radical (unpaired) electrons. The number of fused-ring (bicyclic) bond motifs is 1. The van der Waals surface area contributed by atoms with Gasteiger partial charge in [-0.05, 0) is 54.3 Å². The molecule has 1 aromatic heterocycles. The van der Waals surface area contributed by atoms with Gasteiger partial charge in [-0.15, -0.1) is 11.3 Å². The molecule has 6 heteroatoms. The Morgan fingerprint density at radius 3 is 2.78 bits per heavy atom. The lowest BCUT2D eigenvalue weighted by molar-refractivity contribution is -0.125. The molecule has 0 bridgehead atoms. The number of rotatable bonds is 3. The summed E-state index contributed by atoms with van der Waals surface area (Å²) in [7, 11) is 0. The minimum absolute atomic E-state index is 0.0768. The fourth-order valence-corrected chi connectivity index (χ4v) is 4.52. The van der Waals surface area contributed by atoms with Gasteiger partial charge in [0.2, 0.25) is 5.91 Å². The summed E-state index contributed by atoms with van der Waals surface area (Å²) in [4.78, 5) is 17.4. The Labute approximate surface area is 166 Å². The lowest BCUT2D eigenvalue weighted by Gasteiger charge is -2.31. The minimum Gasteiger partial charge on any atom is -0.301 e. The minimum atomic E-state index is -0.699. The van der Waals surface area contributed by atoms with E-state index in [2.05, 4.69) is 16.4 Å². The number of amides is 1. The van der Waals surface area contributed by atoms with Crippen molar-refractivity contribution in [2.45, 2.75) is 19.3 Å². The molecule has 0 spiro atoms. The van der Waals surface area contributed by atoms with Crippen LogP contribution in [0.4, 0.5) is 5.13 Å². The van der Waals surface area contributed by atoms with Crippen LogP contribution >= 0.6 is 22.9 Å². The summed E-state index contributed by atoms with van der Waals surface area (Å²) in [5.41, 5.74) is 3.01. The van der Waals surface area contributed by atoms with Gasteiger partial charge in [0, 0.05) is 22.5 Å². The van der Waals surface area contributed by atoms with Crippen LogP contribution in [-0.4, -0.2) is 10.9 Å². The smallest absolute Gasteiger partial charge is 0.233 e. The summed E-state index contributed by atoms with van der Waals surface area (Å²) in [5.74, 6) is -0.245. The lowest BCUT2D eigenvalue weighted by atomic mass is 9.73. The normalized spacial score (nSPS) is 20.7. The first-order chi connectivity index (χ1) is 13.0. The summed E-state index contributed by atoms with van der Waals surface area (Å²) in [6, 6.07) is 15.4. The van der Waals surface area contributed by atoms with Crippen LogP contribution in [-0.2, 0) is 11.2 Å². The third-order valence-electron chi connectivity index (χ3n) is 5.16. The number of carbonyl (C=O) groups excluding carboxylic acids is 1. The topological polar surface area (TPSA) is 65.8 Å². The van der Waals surface area contributed by atoms with Crippen molar-refractivity contribution in [2.75, 3.05) is 5.32 Å². The summed E-state index contributed by atoms with van der Waals surface area (Å²) in [5, 5.41) is 15.3. The van der Waals surface area contributed by atoms with Gasteiger partial charge in [-0.1, -0.05) is 29.8 Å². The Morgan fingerprint density at radius 2 is 2.11 bits per heavy atom. The van der Waals surface area contributed by atoms with E-state index in [1.165, 1.54) is 11.3 Å². The Morgan fingerprint density at radius 1 is 1.33 bits per heavy atom. The first-order valence-corrected chi connectivity index (χ1v) is 9.76. The number of carbonyl (C=O) groups is 1. The molecule has 4 nitrogen and oxygen atoms in total. The second-order valence-corrected chi connectivity index (χ2v) is 8.23. The second kappa shape index (κ2) is 6.80. The molecular formula is C21H16ClN3OS. The first kappa shape index (κ1) is 17.7. The van der Waals surface area contributed by atoms with E-state index in [9.17, 15) is 10.1 Å². The maximum atomic E-state index is 13.3. The van der Waals surface area contributed by atoms with Crippen molar-refractivity contribution in [2.24, 2.45) is 5.41 Å². The van der Waals surface area contributed by atoms with Crippen molar-refractivity contribution in [3.63, 3.8) is 0 Å². The van der Waals surface area contributed by atoms with Gasteiger partial charge >= 0.3 is 0 Å². The van der Waals surface area contributed by atoms with Gasteiger partial charge < -0.3 is 5.32 Å². The van der Waals surface area contributed by atoms with Gasteiger partial charge in [0.25, 0.3) is 0 Å². The standard InChI is InChI=1S/C21H16ClN3OS/c1-21(19(26)25-20-24-8-9-27-20)11-15-3-2-13(12-23)10-17(15)18(21)14-4-6-16(22)7-5-14/h2-10,18H,11H2,1H3,(H,24,25,26). The van der Waals surface area contributed by atoms with Crippen LogP contribution in [0.25, 0.3) is 0 Å². The van der Waals surface area contributed by atoms with E-state index in [4.69, 9.17) is 11.6 Å². The van der Waals surface area contributed by atoms with Crippen molar-refractivity contribution >= 4 is 34.0 Å². The number of nitriles is 1. The van der Waals surface area contributed by atoms with Gasteiger partial charge in [0.05, 0.1) is 17.0 Å². The largest absolute Gasteiger partial charge is 0.301 e. The number of halogens is 1. The Hall–Kier alpha value is -2.68. The summed E-state index contributed by atoms with van der Waals surface area (Å²) in [6.45, 7) is 1.97. The molecule has 27 heavy (non-hydrogen) atoms. The molecule has 0 fully saturated rings. The zero-order valence-corrected chi connectivity index (χ0v) is 16.1. The van der Waals surface area contributed by atoms with Crippen LogP contribution in [0.2, 0.25) is 5.02 Å². The number of aromatic nitrogens is 1. The summed E-state index contributed by atoms with van der Waals surface area (Å²) < 4.78 is 0. The Bertz CT molecular complexity index is 1040. The molecule has 1 aliphatic rings. The number of hydrogen-bond acceptors (Lipinski definition) is 4. The molecule has 1 amide bonds. The maximum absolute atomic E-state index is 13.3. The van der Waals surface area contributed by atoms with Crippen LogP contribution in [0.15, 0.2) is 54.0 Å². The molecule has 1 aliphatic carbocycles. The zero-order chi connectivity index (χ0) is 19.0. The average molecular weight is 394 g/mol.